The Morgan fingerprint density at radius 2 is 1.22 bits per heavy atom. The van der Waals surface area contributed by atoms with Gasteiger partial charge in [-0.3, -0.25) is 4.79 Å². The van der Waals surface area contributed by atoms with Crippen LogP contribution in [0.25, 0.3) is 21.5 Å². The number of ether oxygens (including phenoxy) is 1. The van der Waals surface area contributed by atoms with Crippen LogP contribution in [0, 0.1) is 0 Å². The van der Waals surface area contributed by atoms with E-state index in [1.165, 1.54) is 12.2 Å². The van der Waals surface area contributed by atoms with Crippen LogP contribution in [-0.4, -0.2) is 23.4 Å². The van der Waals surface area contributed by atoms with Crippen molar-refractivity contribution in [2.45, 2.75) is 20.0 Å². The fourth-order valence-corrected chi connectivity index (χ4v) is 3.92. The minimum Gasteiger partial charge on any atom is -0.463 e. The number of rotatable bonds is 7. The van der Waals surface area contributed by atoms with E-state index in [1.54, 1.807) is 11.8 Å². The number of benzene rings is 4. The molecule has 4 nitrogen and oxygen atoms in total. The molecule has 0 aliphatic rings. The van der Waals surface area contributed by atoms with Crippen LogP contribution < -0.4 is 0 Å². The van der Waals surface area contributed by atoms with Crippen LogP contribution in [0.15, 0.2) is 97.1 Å². The predicted octanol–water partition coefficient (Wildman–Crippen LogP) is 5.64. The normalized spacial score (nSPS) is 11.2. The van der Waals surface area contributed by atoms with Crippen LogP contribution in [0.2, 0.25) is 0 Å². The van der Waals surface area contributed by atoms with Crippen LogP contribution >= 0.6 is 0 Å². The Labute approximate surface area is 187 Å². The van der Waals surface area contributed by atoms with Gasteiger partial charge in [0.05, 0.1) is 6.61 Å². The lowest BCUT2D eigenvalue weighted by Crippen LogP contribution is -2.29. The largest absolute Gasteiger partial charge is 0.463 e. The van der Waals surface area contributed by atoms with Gasteiger partial charge in [-0.15, -0.1) is 0 Å². The van der Waals surface area contributed by atoms with Crippen molar-refractivity contribution in [3.8, 4) is 0 Å². The van der Waals surface area contributed by atoms with E-state index in [2.05, 4.69) is 36.4 Å². The first-order valence-electron chi connectivity index (χ1n) is 10.7. The first-order valence-corrected chi connectivity index (χ1v) is 10.7. The van der Waals surface area contributed by atoms with Crippen molar-refractivity contribution >= 4 is 33.4 Å². The van der Waals surface area contributed by atoms with Gasteiger partial charge in [0.2, 0.25) is 5.91 Å². The van der Waals surface area contributed by atoms with Crippen molar-refractivity contribution in [3.05, 3.63) is 108 Å². The van der Waals surface area contributed by atoms with Gasteiger partial charge in [0.25, 0.3) is 0 Å². The van der Waals surface area contributed by atoms with Gasteiger partial charge in [0.1, 0.15) is 0 Å². The summed E-state index contributed by atoms with van der Waals surface area (Å²) in [7, 11) is 0. The number of amides is 1. The van der Waals surface area contributed by atoms with Gasteiger partial charge in [-0.25, -0.2) is 4.79 Å². The number of nitrogens with zero attached hydrogens (tertiary/aromatic N) is 1. The Morgan fingerprint density at radius 1 is 0.719 bits per heavy atom. The Balaban J connectivity index is 1.69. The van der Waals surface area contributed by atoms with E-state index in [9.17, 15) is 9.59 Å². The number of carbonyl (C=O) groups is 2. The molecule has 0 saturated heterocycles. The quantitative estimate of drug-likeness (QED) is 0.285. The third-order valence-corrected chi connectivity index (χ3v) is 5.44. The Hall–Kier alpha value is -3.92. The highest BCUT2D eigenvalue weighted by molar-refractivity contribution is 5.95. The molecule has 32 heavy (non-hydrogen) atoms. The second-order valence-electron chi connectivity index (χ2n) is 7.56. The minimum atomic E-state index is -0.517. The van der Waals surface area contributed by atoms with Crippen LogP contribution in [0.5, 0.6) is 0 Å². The highest BCUT2D eigenvalue weighted by Gasteiger charge is 2.16. The lowest BCUT2D eigenvalue weighted by molar-refractivity contribution is -0.137. The standard InChI is InChI=1S/C28H25NO3/c1-2-32-28(31)18-17-27(30)29(19-23-13-7-11-21-9-3-5-15-25(21)23)20-24-14-8-12-22-10-4-6-16-26(22)24/h3-18H,2,19-20H2,1H3/b18-17+. The van der Waals surface area contributed by atoms with Crippen LogP contribution in [0.3, 0.4) is 0 Å². The van der Waals surface area contributed by atoms with Crippen molar-refractivity contribution < 1.29 is 14.3 Å². The molecule has 0 saturated carbocycles. The SMILES string of the molecule is CCOC(=O)/C=C/C(=O)N(Cc1cccc2ccccc12)Cc1cccc2ccccc12. The van der Waals surface area contributed by atoms with E-state index < -0.39 is 5.97 Å². The molecule has 0 fully saturated rings. The second kappa shape index (κ2) is 9.92. The molecule has 0 spiro atoms. The van der Waals surface area contributed by atoms with Gasteiger partial charge in [-0.1, -0.05) is 84.9 Å². The summed E-state index contributed by atoms with van der Waals surface area (Å²) in [5, 5.41) is 4.48. The van der Waals surface area contributed by atoms with E-state index >= 15 is 0 Å². The summed E-state index contributed by atoms with van der Waals surface area (Å²) in [5.74, 6) is -0.755. The van der Waals surface area contributed by atoms with Crippen molar-refractivity contribution in [2.75, 3.05) is 6.61 Å². The van der Waals surface area contributed by atoms with E-state index in [1.807, 2.05) is 48.5 Å². The maximum absolute atomic E-state index is 13.2. The fraction of sp³-hybridized carbons (Fsp3) is 0.143. The molecule has 0 bridgehead atoms. The molecule has 0 radical (unpaired) electrons. The first kappa shape index (κ1) is 21.3. The molecule has 0 heterocycles. The van der Waals surface area contributed by atoms with Gasteiger partial charge in [0.15, 0.2) is 0 Å². The van der Waals surface area contributed by atoms with Gasteiger partial charge in [-0.05, 0) is 39.6 Å². The molecule has 0 N–H and O–H groups in total. The van der Waals surface area contributed by atoms with Crippen LogP contribution in [0.1, 0.15) is 18.1 Å². The van der Waals surface area contributed by atoms with E-state index in [4.69, 9.17) is 4.74 Å². The summed E-state index contributed by atoms with van der Waals surface area (Å²) in [6, 6.07) is 28.5. The molecular weight excluding hydrogens is 398 g/mol. The Bertz CT molecular complexity index is 1200. The minimum absolute atomic E-state index is 0.237. The monoisotopic (exact) mass is 423 g/mol. The zero-order valence-corrected chi connectivity index (χ0v) is 18.0. The maximum Gasteiger partial charge on any atom is 0.330 e. The third-order valence-electron chi connectivity index (χ3n) is 5.44. The summed E-state index contributed by atoms with van der Waals surface area (Å²) in [6.45, 7) is 2.86. The third kappa shape index (κ3) is 4.86. The predicted molar refractivity (Wildman–Crippen MR) is 128 cm³/mol. The average molecular weight is 424 g/mol. The summed E-state index contributed by atoms with van der Waals surface area (Å²) in [4.78, 5) is 26.7. The zero-order chi connectivity index (χ0) is 22.3. The summed E-state index contributed by atoms with van der Waals surface area (Å²) in [6.07, 6.45) is 2.50. The summed E-state index contributed by atoms with van der Waals surface area (Å²) < 4.78 is 4.93. The number of hydrogen-bond donors (Lipinski definition) is 0. The molecule has 4 aromatic rings. The molecule has 0 aliphatic heterocycles. The number of carbonyl (C=O) groups excluding carboxylic acids is 2. The first-order chi connectivity index (χ1) is 15.7. The fourth-order valence-electron chi connectivity index (χ4n) is 3.92. The van der Waals surface area contributed by atoms with Crippen molar-refractivity contribution in [2.24, 2.45) is 0 Å². The highest BCUT2D eigenvalue weighted by atomic mass is 16.5. The molecule has 4 aromatic carbocycles. The van der Waals surface area contributed by atoms with Gasteiger partial charge >= 0.3 is 5.97 Å². The smallest absolute Gasteiger partial charge is 0.330 e. The average Bonchev–Trinajstić information content (AvgIpc) is 2.82. The van der Waals surface area contributed by atoms with E-state index in [-0.39, 0.29) is 12.5 Å². The summed E-state index contributed by atoms with van der Waals surface area (Å²) in [5.41, 5.74) is 2.11. The van der Waals surface area contributed by atoms with E-state index in [0.29, 0.717) is 13.1 Å². The van der Waals surface area contributed by atoms with Crippen molar-refractivity contribution in [3.63, 3.8) is 0 Å². The van der Waals surface area contributed by atoms with Gasteiger partial charge < -0.3 is 9.64 Å². The van der Waals surface area contributed by atoms with Crippen molar-refractivity contribution in [1.29, 1.82) is 0 Å². The summed E-state index contributed by atoms with van der Waals surface area (Å²) >= 11 is 0. The number of fused-ring (bicyclic) bond motifs is 2. The maximum atomic E-state index is 13.2. The van der Waals surface area contributed by atoms with Gasteiger partial charge in [-0.2, -0.15) is 0 Å². The molecule has 4 rings (SSSR count). The Kier molecular flexibility index (Phi) is 6.61. The van der Waals surface area contributed by atoms with E-state index in [0.717, 1.165) is 32.7 Å². The highest BCUT2D eigenvalue weighted by Crippen LogP contribution is 2.24. The van der Waals surface area contributed by atoms with Crippen molar-refractivity contribution in [1.82, 2.24) is 4.90 Å². The molecule has 4 heteroatoms. The van der Waals surface area contributed by atoms with Crippen LogP contribution in [-0.2, 0) is 27.4 Å². The molecule has 0 unspecified atom stereocenters. The lowest BCUT2D eigenvalue weighted by Gasteiger charge is -2.23. The number of hydrogen-bond acceptors (Lipinski definition) is 3. The molecular formula is C28H25NO3. The number of esters is 1. The molecule has 160 valence electrons. The molecule has 0 aliphatic carbocycles. The molecule has 1 amide bonds. The van der Waals surface area contributed by atoms with Gasteiger partial charge in [0, 0.05) is 25.2 Å². The Morgan fingerprint density at radius 3 is 1.75 bits per heavy atom. The molecule has 0 atom stereocenters. The molecule has 0 aromatic heterocycles. The topological polar surface area (TPSA) is 46.6 Å². The zero-order valence-electron chi connectivity index (χ0n) is 18.0. The van der Waals surface area contributed by atoms with Crippen LogP contribution in [0.4, 0.5) is 0 Å². The lowest BCUT2D eigenvalue weighted by atomic mass is 10.0. The second-order valence-corrected chi connectivity index (χ2v) is 7.56.